The summed E-state index contributed by atoms with van der Waals surface area (Å²) in [7, 11) is 0. The molecule has 2 aromatic carbocycles. The Kier molecular flexibility index (Phi) is 3.67. The molecule has 3 aromatic rings. The van der Waals surface area contributed by atoms with E-state index >= 15 is 0 Å². The van der Waals surface area contributed by atoms with Crippen molar-refractivity contribution < 1.29 is 17.6 Å². The molecule has 0 bridgehead atoms. The van der Waals surface area contributed by atoms with E-state index in [0.29, 0.717) is 22.3 Å². The predicted molar refractivity (Wildman–Crippen MR) is 81.2 cm³/mol. The maximum atomic E-state index is 13.5. The van der Waals surface area contributed by atoms with Crippen LogP contribution in [0.25, 0.3) is 10.9 Å². The Balaban J connectivity index is 2.06. The number of halogens is 4. The topological polar surface area (TPSA) is 24.9 Å². The Labute approximate surface area is 129 Å². The molecule has 3 rings (SSSR count). The van der Waals surface area contributed by atoms with Gasteiger partial charge in [0.15, 0.2) is 0 Å². The first-order chi connectivity index (χ1) is 10.8. The molecule has 6 heteroatoms. The molecular formula is C17H12F4N2. The maximum absolute atomic E-state index is 13.5. The first kappa shape index (κ1) is 15.3. The fraction of sp³-hybridized carbons (Fsp3) is 0.118. The van der Waals surface area contributed by atoms with Crippen LogP contribution < -0.4 is 5.32 Å². The highest BCUT2D eigenvalue weighted by Gasteiger charge is 2.30. The summed E-state index contributed by atoms with van der Waals surface area (Å²) in [6.07, 6.45) is -4.42. The Morgan fingerprint density at radius 3 is 2.52 bits per heavy atom. The number of pyridine rings is 1. The fourth-order valence-corrected chi connectivity index (χ4v) is 2.36. The van der Waals surface area contributed by atoms with E-state index in [2.05, 4.69) is 10.3 Å². The van der Waals surface area contributed by atoms with Crippen LogP contribution in [0.4, 0.5) is 28.9 Å². The van der Waals surface area contributed by atoms with Gasteiger partial charge < -0.3 is 5.32 Å². The lowest BCUT2D eigenvalue weighted by molar-refractivity contribution is -0.137. The van der Waals surface area contributed by atoms with Crippen molar-refractivity contribution in [3.8, 4) is 0 Å². The zero-order chi connectivity index (χ0) is 16.6. The van der Waals surface area contributed by atoms with Crippen molar-refractivity contribution in [1.82, 2.24) is 4.98 Å². The highest BCUT2D eigenvalue weighted by molar-refractivity contribution is 5.93. The number of rotatable bonds is 2. The first-order valence-corrected chi connectivity index (χ1v) is 6.84. The highest BCUT2D eigenvalue weighted by Crippen LogP contribution is 2.32. The molecule has 0 atom stereocenters. The first-order valence-electron chi connectivity index (χ1n) is 6.84. The largest absolute Gasteiger partial charge is 0.416 e. The molecule has 0 amide bonds. The van der Waals surface area contributed by atoms with Crippen LogP contribution in [0.5, 0.6) is 0 Å². The SMILES string of the molecule is Cc1cc(Nc2cccc(C(F)(F)F)c2)c2cc(F)ccc2n1. The molecule has 0 radical (unpaired) electrons. The van der Waals surface area contributed by atoms with Gasteiger partial charge in [0, 0.05) is 22.5 Å². The van der Waals surface area contributed by atoms with E-state index in [9.17, 15) is 17.6 Å². The van der Waals surface area contributed by atoms with Crippen molar-refractivity contribution in [3.63, 3.8) is 0 Å². The Hall–Kier alpha value is -2.63. The second-order valence-electron chi connectivity index (χ2n) is 5.18. The smallest absolute Gasteiger partial charge is 0.355 e. The molecule has 0 aliphatic rings. The van der Waals surface area contributed by atoms with Crippen LogP contribution in [-0.2, 0) is 6.18 Å². The number of fused-ring (bicyclic) bond motifs is 1. The minimum absolute atomic E-state index is 0.274. The molecule has 0 unspecified atom stereocenters. The number of aryl methyl sites for hydroxylation is 1. The van der Waals surface area contributed by atoms with E-state index in [1.807, 2.05) is 0 Å². The highest BCUT2D eigenvalue weighted by atomic mass is 19.4. The van der Waals surface area contributed by atoms with Gasteiger partial charge in [-0.1, -0.05) is 6.07 Å². The van der Waals surface area contributed by atoms with Crippen LogP contribution in [0, 0.1) is 12.7 Å². The van der Waals surface area contributed by atoms with Crippen molar-refractivity contribution in [1.29, 1.82) is 0 Å². The summed E-state index contributed by atoms with van der Waals surface area (Å²) in [5.41, 5.74) is 1.28. The molecule has 0 saturated carbocycles. The summed E-state index contributed by atoms with van der Waals surface area (Å²) in [4.78, 5) is 4.29. The van der Waals surface area contributed by atoms with Gasteiger partial charge in [0.2, 0.25) is 0 Å². The Morgan fingerprint density at radius 1 is 1.00 bits per heavy atom. The van der Waals surface area contributed by atoms with Crippen molar-refractivity contribution in [2.45, 2.75) is 13.1 Å². The van der Waals surface area contributed by atoms with Crippen molar-refractivity contribution >= 4 is 22.3 Å². The van der Waals surface area contributed by atoms with Gasteiger partial charge in [-0.05, 0) is 49.4 Å². The average Bonchev–Trinajstić information content (AvgIpc) is 2.47. The third kappa shape index (κ3) is 3.26. The predicted octanol–water partition coefficient (Wildman–Crippen LogP) is 5.44. The summed E-state index contributed by atoms with van der Waals surface area (Å²) in [6.45, 7) is 1.76. The summed E-state index contributed by atoms with van der Waals surface area (Å²) in [5, 5.41) is 3.43. The number of nitrogens with one attached hydrogen (secondary N) is 1. The Bertz CT molecular complexity index is 872. The lowest BCUT2D eigenvalue weighted by atomic mass is 10.1. The molecule has 1 N–H and O–H groups in total. The van der Waals surface area contributed by atoms with Crippen LogP contribution >= 0.6 is 0 Å². The van der Waals surface area contributed by atoms with Crippen molar-refractivity contribution in [2.24, 2.45) is 0 Å². The van der Waals surface area contributed by atoms with Crippen molar-refractivity contribution in [2.75, 3.05) is 5.32 Å². The van der Waals surface area contributed by atoms with Crippen LogP contribution in [0.1, 0.15) is 11.3 Å². The van der Waals surface area contributed by atoms with Gasteiger partial charge in [-0.25, -0.2) is 4.39 Å². The molecule has 0 saturated heterocycles. The van der Waals surface area contributed by atoms with Crippen LogP contribution in [0.3, 0.4) is 0 Å². The van der Waals surface area contributed by atoms with Gasteiger partial charge >= 0.3 is 6.18 Å². The van der Waals surface area contributed by atoms with E-state index < -0.39 is 17.6 Å². The molecule has 0 aliphatic heterocycles. The molecule has 1 heterocycles. The Morgan fingerprint density at radius 2 is 1.78 bits per heavy atom. The standard InChI is InChI=1S/C17H12F4N2/c1-10-7-16(14-9-12(18)5-6-15(14)22-10)23-13-4-2-3-11(8-13)17(19,20)21/h2-9H,1H3,(H,22,23). The molecule has 23 heavy (non-hydrogen) atoms. The number of alkyl halides is 3. The monoisotopic (exact) mass is 320 g/mol. The zero-order valence-electron chi connectivity index (χ0n) is 12.1. The molecule has 118 valence electrons. The van der Waals surface area contributed by atoms with Gasteiger partial charge in [0.05, 0.1) is 11.1 Å². The third-order valence-corrected chi connectivity index (χ3v) is 3.37. The number of anilines is 2. The fourth-order valence-electron chi connectivity index (χ4n) is 2.36. The minimum atomic E-state index is -4.42. The molecule has 0 fully saturated rings. The zero-order valence-corrected chi connectivity index (χ0v) is 12.1. The quantitative estimate of drug-likeness (QED) is 0.636. The summed E-state index contributed by atoms with van der Waals surface area (Å²) in [5.74, 6) is -0.435. The van der Waals surface area contributed by atoms with Gasteiger partial charge in [0.25, 0.3) is 0 Å². The van der Waals surface area contributed by atoms with E-state index in [0.717, 1.165) is 12.1 Å². The summed E-state index contributed by atoms with van der Waals surface area (Å²) < 4.78 is 51.8. The van der Waals surface area contributed by atoms with E-state index in [1.165, 1.54) is 30.3 Å². The average molecular weight is 320 g/mol. The van der Waals surface area contributed by atoms with Crippen LogP contribution in [0.15, 0.2) is 48.5 Å². The molecule has 0 spiro atoms. The van der Waals surface area contributed by atoms with Gasteiger partial charge in [-0.3, -0.25) is 4.98 Å². The normalized spacial score (nSPS) is 11.7. The summed E-state index contributed by atoms with van der Waals surface area (Å²) in [6, 6.07) is 10.7. The molecule has 0 aliphatic carbocycles. The van der Waals surface area contributed by atoms with Gasteiger partial charge in [-0.15, -0.1) is 0 Å². The van der Waals surface area contributed by atoms with E-state index in [4.69, 9.17) is 0 Å². The van der Waals surface area contributed by atoms with E-state index in [1.54, 1.807) is 13.0 Å². The van der Waals surface area contributed by atoms with Gasteiger partial charge in [-0.2, -0.15) is 13.2 Å². The number of benzene rings is 2. The minimum Gasteiger partial charge on any atom is -0.355 e. The third-order valence-electron chi connectivity index (χ3n) is 3.37. The number of hydrogen-bond donors (Lipinski definition) is 1. The number of aromatic nitrogens is 1. The summed E-state index contributed by atoms with van der Waals surface area (Å²) >= 11 is 0. The molecule has 1 aromatic heterocycles. The second-order valence-corrected chi connectivity index (χ2v) is 5.18. The lowest BCUT2D eigenvalue weighted by Crippen LogP contribution is -2.05. The molecule has 2 nitrogen and oxygen atoms in total. The second kappa shape index (κ2) is 5.53. The lowest BCUT2D eigenvalue weighted by Gasteiger charge is -2.13. The van der Waals surface area contributed by atoms with E-state index in [-0.39, 0.29) is 5.69 Å². The van der Waals surface area contributed by atoms with Crippen LogP contribution in [-0.4, -0.2) is 4.98 Å². The van der Waals surface area contributed by atoms with Crippen LogP contribution in [0.2, 0.25) is 0 Å². The molecular weight excluding hydrogens is 308 g/mol. The number of hydrogen-bond acceptors (Lipinski definition) is 2. The maximum Gasteiger partial charge on any atom is 0.416 e. The number of nitrogens with zero attached hydrogens (tertiary/aromatic N) is 1. The van der Waals surface area contributed by atoms with Crippen molar-refractivity contribution in [3.05, 3.63) is 65.6 Å². The van der Waals surface area contributed by atoms with Gasteiger partial charge in [0.1, 0.15) is 5.82 Å².